The van der Waals surface area contributed by atoms with Crippen molar-refractivity contribution in [2.24, 2.45) is 0 Å². The number of anilines is 1. The molecule has 0 spiro atoms. The quantitative estimate of drug-likeness (QED) is 0.656. The number of carbonyl (C=O) groups excluding carboxylic acids is 2. The van der Waals surface area contributed by atoms with E-state index in [0.717, 1.165) is 25.7 Å². The molecule has 2 aromatic carbocycles. The highest BCUT2D eigenvalue weighted by Crippen LogP contribution is 2.22. The summed E-state index contributed by atoms with van der Waals surface area (Å²) in [6.07, 6.45) is 3.86. The second-order valence-electron chi connectivity index (χ2n) is 7.20. The van der Waals surface area contributed by atoms with Crippen LogP contribution >= 0.6 is 0 Å². The summed E-state index contributed by atoms with van der Waals surface area (Å²) in [4.78, 5) is 23.7. The Morgan fingerprint density at radius 3 is 2.13 bits per heavy atom. The topological polar surface area (TPSA) is 102 Å². The van der Waals surface area contributed by atoms with E-state index < -0.39 is 16.0 Å². The zero-order valence-corrected chi connectivity index (χ0v) is 18.2. The lowest BCUT2D eigenvalue weighted by atomic mass is 10.2. The second kappa shape index (κ2) is 10.4. The van der Waals surface area contributed by atoms with Crippen LogP contribution in [0.5, 0.6) is 5.75 Å². The van der Waals surface area contributed by atoms with Crippen molar-refractivity contribution >= 4 is 27.6 Å². The molecule has 3 rings (SSSR count). The molecular formula is C22H26N2O6S. The predicted octanol–water partition coefficient (Wildman–Crippen LogP) is 3.06. The number of esters is 1. The molecule has 8 nitrogen and oxygen atoms in total. The van der Waals surface area contributed by atoms with Crippen LogP contribution in [-0.4, -0.2) is 51.4 Å². The predicted molar refractivity (Wildman–Crippen MR) is 116 cm³/mol. The highest BCUT2D eigenvalue weighted by atomic mass is 32.2. The van der Waals surface area contributed by atoms with Crippen LogP contribution in [0.3, 0.4) is 0 Å². The highest BCUT2D eigenvalue weighted by molar-refractivity contribution is 7.89. The van der Waals surface area contributed by atoms with E-state index in [0.29, 0.717) is 30.1 Å². The maximum Gasteiger partial charge on any atom is 0.337 e. The number of hydrogen-bond donors (Lipinski definition) is 1. The molecular weight excluding hydrogens is 420 g/mol. The summed E-state index contributed by atoms with van der Waals surface area (Å²) >= 11 is 0. The van der Waals surface area contributed by atoms with Crippen molar-refractivity contribution in [3.05, 3.63) is 54.1 Å². The van der Waals surface area contributed by atoms with Gasteiger partial charge in [0.1, 0.15) is 5.75 Å². The third kappa shape index (κ3) is 6.05. The molecule has 0 unspecified atom stereocenters. The standard InChI is InChI=1S/C22H26N2O6S/c1-29-22(26)17-6-8-18(9-7-17)23-21(25)16-30-19-10-12-20(13-11-19)31(27,28)24-14-4-2-3-5-15-24/h6-13H,2-5,14-16H2,1H3,(H,23,25). The minimum atomic E-state index is -3.52. The Bertz CT molecular complexity index is 995. The van der Waals surface area contributed by atoms with E-state index >= 15 is 0 Å². The normalized spacial score (nSPS) is 15.0. The molecule has 1 N–H and O–H groups in total. The number of ether oxygens (including phenoxy) is 2. The molecule has 1 aliphatic heterocycles. The SMILES string of the molecule is COC(=O)c1ccc(NC(=O)COc2ccc(S(=O)(=O)N3CCCCCC3)cc2)cc1. The van der Waals surface area contributed by atoms with Crippen molar-refractivity contribution in [2.75, 3.05) is 32.1 Å². The van der Waals surface area contributed by atoms with Crippen molar-refractivity contribution in [3.63, 3.8) is 0 Å². The Hall–Kier alpha value is -2.91. The summed E-state index contributed by atoms with van der Waals surface area (Å²) in [7, 11) is -2.22. The van der Waals surface area contributed by atoms with Crippen LogP contribution < -0.4 is 10.1 Å². The van der Waals surface area contributed by atoms with E-state index in [1.54, 1.807) is 36.4 Å². The van der Waals surface area contributed by atoms with Crippen molar-refractivity contribution in [1.82, 2.24) is 4.31 Å². The van der Waals surface area contributed by atoms with Crippen LogP contribution in [0.4, 0.5) is 5.69 Å². The summed E-state index contributed by atoms with van der Waals surface area (Å²) < 4.78 is 37.2. The first-order valence-corrected chi connectivity index (χ1v) is 11.6. The fourth-order valence-electron chi connectivity index (χ4n) is 3.29. The number of nitrogens with one attached hydrogen (secondary N) is 1. The number of rotatable bonds is 7. The van der Waals surface area contributed by atoms with Gasteiger partial charge in [-0.05, 0) is 61.4 Å². The van der Waals surface area contributed by atoms with Gasteiger partial charge in [-0.2, -0.15) is 4.31 Å². The minimum Gasteiger partial charge on any atom is -0.484 e. The average Bonchev–Trinajstić information content (AvgIpc) is 3.08. The first-order valence-electron chi connectivity index (χ1n) is 10.1. The van der Waals surface area contributed by atoms with E-state index in [9.17, 15) is 18.0 Å². The van der Waals surface area contributed by atoms with Crippen LogP contribution in [0.15, 0.2) is 53.4 Å². The molecule has 1 amide bonds. The molecule has 1 heterocycles. The first-order chi connectivity index (χ1) is 14.9. The van der Waals surface area contributed by atoms with Gasteiger partial charge in [0.2, 0.25) is 10.0 Å². The zero-order valence-electron chi connectivity index (χ0n) is 17.4. The van der Waals surface area contributed by atoms with Gasteiger partial charge in [-0.3, -0.25) is 4.79 Å². The van der Waals surface area contributed by atoms with Gasteiger partial charge in [-0.1, -0.05) is 12.8 Å². The molecule has 1 saturated heterocycles. The molecule has 1 aliphatic rings. The van der Waals surface area contributed by atoms with Gasteiger partial charge in [0.15, 0.2) is 6.61 Å². The van der Waals surface area contributed by atoms with E-state index in [4.69, 9.17) is 4.74 Å². The number of nitrogens with zero attached hydrogens (tertiary/aromatic N) is 1. The fourth-order valence-corrected chi connectivity index (χ4v) is 4.81. The van der Waals surface area contributed by atoms with Crippen molar-refractivity contribution in [1.29, 1.82) is 0 Å². The van der Waals surface area contributed by atoms with E-state index in [2.05, 4.69) is 10.1 Å². The Morgan fingerprint density at radius 2 is 1.55 bits per heavy atom. The Balaban J connectivity index is 1.54. The van der Waals surface area contributed by atoms with Crippen LogP contribution in [-0.2, 0) is 19.6 Å². The molecule has 1 fully saturated rings. The summed E-state index contributed by atoms with van der Waals surface area (Å²) in [6, 6.07) is 12.4. The molecule has 0 atom stereocenters. The van der Waals surface area contributed by atoms with Gasteiger partial charge in [-0.25, -0.2) is 13.2 Å². The minimum absolute atomic E-state index is 0.219. The lowest BCUT2D eigenvalue weighted by molar-refractivity contribution is -0.118. The maximum absolute atomic E-state index is 12.8. The van der Waals surface area contributed by atoms with Gasteiger partial charge in [0, 0.05) is 18.8 Å². The average molecular weight is 447 g/mol. The second-order valence-corrected chi connectivity index (χ2v) is 9.13. The van der Waals surface area contributed by atoms with Gasteiger partial charge >= 0.3 is 5.97 Å². The number of benzene rings is 2. The third-order valence-electron chi connectivity index (χ3n) is 4.99. The molecule has 31 heavy (non-hydrogen) atoms. The number of carbonyl (C=O) groups is 2. The van der Waals surface area contributed by atoms with Crippen molar-refractivity contribution in [2.45, 2.75) is 30.6 Å². The van der Waals surface area contributed by atoms with Crippen LogP contribution in [0, 0.1) is 0 Å². The van der Waals surface area contributed by atoms with E-state index in [1.165, 1.54) is 23.5 Å². The molecule has 0 saturated carbocycles. The van der Waals surface area contributed by atoms with Crippen molar-refractivity contribution in [3.8, 4) is 5.75 Å². The Labute approximate surface area is 182 Å². The largest absolute Gasteiger partial charge is 0.484 e. The fraction of sp³-hybridized carbons (Fsp3) is 0.364. The first kappa shape index (κ1) is 22.8. The molecule has 0 bridgehead atoms. The van der Waals surface area contributed by atoms with E-state index in [1.807, 2.05) is 0 Å². The number of sulfonamides is 1. The van der Waals surface area contributed by atoms with Crippen LogP contribution in [0.25, 0.3) is 0 Å². The Morgan fingerprint density at radius 1 is 0.935 bits per heavy atom. The molecule has 166 valence electrons. The number of methoxy groups -OCH3 is 1. The lowest BCUT2D eigenvalue weighted by Crippen LogP contribution is -2.31. The molecule has 2 aromatic rings. The Kier molecular flexibility index (Phi) is 7.64. The number of hydrogen-bond acceptors (Lipinski definition) is 6. The molecule has 0 aromatic heterocycles. The van der Waals surface area contributed by atoms with Gasteiger partial charge < -0.3 is 14.8 Å². The summed E-state index contributed by atoms with van der Waals surface area (Å²) in [5.74, 6) is -0.444. The van der Waals surface area contributed by atoms with Crippen LogP contribution in [0.2, 0.25) is 0 Å². The van der Waals surface area contributed by atoms with Gasteiger partial charge in [0.05, 0.1) is 17.6 Å². The van der Waals surface area contributed by atoms with Gasteiger partial charge in [0.25, 0.3) is 5.91 Å². The highest BCUT2D eigenvalue weighted by Gasteiger charge is 2.25. The van der Waals surface area contributed by atoms with Gasteiger partial charge in [-0.15, -0.1) is 0 Å². The van der Waals surface area contributed by atoms with Crippen LogP contribution in [0.1, 0.15) is 36.0 Å². The lowest BCUT2D eigenvalue weighted by Gasteiger charge is -2.20. The summed E-state index contributed by atoms with van der Waals surface area (Å²) in [5, 5.41) is 2.66. The monoisotopic (exact) mass is 446 g/mol. The smallest absolute Gasteiger partial charge is 0.337 e. The number of amides is 1. The van der Waals surface area contributed by atoms with Crippen molar-refractivity contribution < 1.29 is 27.5 Å². The molecule has 9 heteroatoms. The summed E-state index contributed by atoms with van der Waals surface area (Å²) in [5.41, 5.74) is 0.895. The zero-order chi connectivity index (χ0) is 22.3. The summed E-state index contributed by atoms with van der Waals surface area (Å²) in [6.45, 7) is 0.847. The van der Waals surface area contributed by atoms with E-state index in [-0.39, 0.29) is 17.4 Å². The molecule has 0 aliphatic carbocycles. The third-order valence-corrected chi connectivity index (χ3v) is 6.90. The maximum atomic E-state index is 12.8. The molecule has 0 radical (unpaired) electrons.